The number of thiophene rings is 1. The smallest absolute Gasteiger partial charge is 0.271 e. The zero-order valence-corrected chi connectivity index (χ0v) is 17.8. The summed E-state index contributed by atoms with van der Waals surface area (Å²) >= 11 is 7.18. The highest BCUT2D eigenvalue weighted by atomic mass is 35.5. The largest absolute Gasteiger partial charge is 0.378 e. The number of carbonyl (C=O) groups is 2. The van der Waals surface area contributed by atoms with Gasteiger partial charge in [0.1, 0.15) is 11.7 Å². The van der Waals surface area contributed by atoms with E-state index < -0.39 is 22.0 Å². The van der Waals surface area contributed by atoms with Gasteiger partial charge in [0.25, 0.3) is 5.91 Å². The van der Waals surface area contributed by atoms with E-state index in [1.165, 1.54) is 22.3 Å². The molecule has 2 amide bonds. The number of halogens is 1. The summed E-state index contributed by atoms with van der Waals surface area (Å²) in [6, 6.07) is 2.83. The van der Waals surface area contributed by atoms with E-state index in [-0.39, 0.29) is 23.9 Å². The van der Waals surface area contributed by atoms with Crippen molar-refractivity contribution in [2.45, 2.75) is 19.4 Å². The third-order valence-electron chi connectivity index (χ3n) is 4.64. The van der Waals surface area contributed by atoms with E-state index in [1.807, 2.05) is 0 Å². The minimum absolute atomic E-state index is 0.00848. The van der Waals surface area contributed by atoms with Gasteiger partial charge in [0.05, 0.1) is 23.3 Å². The summed E-state index contributed by atoms with van der Waals surface area (Å²) in [6.07, 6.45) is 1.81. The van der Waals surface area contributed by atoms with Gasteiger partial charge in [-0.15, -0.1) is 11.3 Å². The van der Waals surface area contributed by atoms with Gasteiger partial charge in [0.2, 0.25) is 15.9 Å². The molecule has 3 rings (SSSR count). The van der Waals surface area contributed by atoms with Crippen LogP contribution in [-0.4, -0.2) is 74.7 Å². The molecule has 1 fully saturated rings. The van der Waals surface area contributed by atoms with E-state index >= 15 is 0 Å². The van der Waals surface area contributed by atoms with Gasteiger partial charge < -0.3 is 14.5 Å². The van der Waals surface area contributed by atoms with Crippen LogP contribution in [0.25, 0.3) is 0 Å². The topological polar surface area (TPSA) is 96.0 Å². The summed E-state index contributed by atoms with van der Waals surface area (Å²) < 4.78 is 32.9. The molecule has 1 atom stereocenters. The Labute approximate surface area is 173 Å². The van der Waals surface area contributed by atoms with Crippen molar-refractivity contribution >= 4 is 44.8 Å². The van der Waals surface area contributed by atoms with E-state index in [0.717, 1.165) is 4.88 Å². The van der Waals surface area contributed by atoms with Crippen LogP contribution in [0.3, 0.4) is 0 Å². The van der Waals surface area contributed by atoms with Crippen LogP contribution in [0.15, 0.2) is 23.9 Å². The van der Waals surface area contributed by atoms with Crippen molar-refractivity contribution < 1.29 is 22.7 Å². The first kappa shape index (κ1) is 21.1. The van der Waals surface area contributed by atoms with Crippen molar-refractivity contribution in [1.82, 2.24) is 14.5 Å². The number of amides is 2. The monoisotopic (exact) mass is 447 g/mol. The molecule has 1 aromatic heterocycles. The van der Waals surface area contributed by atoms with Crippen LogP contribution in [0.1, 0.15) is 11.8 Å². The first-order valence-corrected chi connectivity index (χ1v) is 11.7. The number of sulfonamides is 1. The number of nitrogens with one attached hydrogen (secondary N) is 1. The number of carbonyl (C=O) groups excluding carboxylic acids is 2. The second-order valence-electron chi connectivity index (χ2n) is 6.57. The summed E-state index contributed by atoms with van der Waals surface area (Å²) in [4.78, 5) is 29.1. The number of aryl methyl sites for hydroxylation is 1. The van der Waals surface area contributed by atoms with Gasteiger partial charge in [-0.3, -0.25) is 14.3 Å². The van der Waals surface area contributed by atoms with Crippen molar-refractivity contribution in [2.75, 3.05) is 38.6 Å². The van der Waals surface area contributed by atoms with Gasteiger partial charge in [-0.1, -0.05) is 11.6 Å². The van der Waals surface area contributed by atoms with Crippen molar-refractivity contribution in [1.29, 1.82) is 0 Å². The number of rotatable bonds is 7. The van der Waals surface area contributed by atoms with Crippen LogP contribution in [-0.2, 0) is 30.8 Å². The minimum Gasteiger partial charge on any atom is -0.378 e. The maximum atomic E-state index is 12.6. The summed E-state index contributed by atoms with van der Waals surface area (Å²) in [7, 11) is -3.69. The minimum atomic E-state index is -3.69. The molecular formula is C17H22ClN3O5S2. The highest BCUT2D eigenvalue weighted by Gasteiger charge is 2.35. The van der Waals surface area contributed by atoms with Crippen molar-refractivity contribution in [3.63, 3.8) is 0 Å². The van der Waals surface area contributed by atoms with Crippen molar-refractivity contribution in [3.05, 3.63) is 33.1 Å². The first-order valence-electron chi connectivity index (χ1n) is 8.89. The fraction of sp³-hybridized carbons (Fsp3) is 0.529. The molecule has 1 N–H and O–H groups in total. The molecule has 2 aliphatic heterocycles. The lowest BCUT2D eigenvalue weighted by molar-refractivity contribution is -0.145. The molecule has 2 aliphatic rings. The summed E-state index contributed by atoms with van der Waals surface area (Å²) in [5.74, 6) is -0.808. The van der Waals surface area contributed by atoms with E-state index in [9.17, 15) is 18.0 Å². The highest BCUT2D eigenvalue weighted by Crippen LogP contribution is 2.22. The Hall–Kier alpha value is -1.62. The van der Waals surface area contributed by atoms with Gasteiger partial charge in [-0.05, 0) is 31.6 Å². The predicted molar refractivity (Wildman–Crippen MR) is 107 cm³/mol. The summed E-state index contributed by atoms with van der Waals surface area (Å²) in [5, 5.41) is 0. The Kier molecular flexibility index (Phi) is 6.64. The number of hydrogen-bond acceptors (Lipinski definition) is 6. The van der Waals surface area contributed by atoms with Crippen molar-refractivity contribution in [3.8, 4) is 0 Å². The molecule has 0 radical (unpaired) electrons. The molecule has 28 heavy (non-hydrogen) atoms. The molecule has 0 saturated carbocycles. The lowest BCUT2D eigenvalue weighted by atomic mass is 10.2. The summed E-state index contributed by atoms with van der Waals surface area (Å²) in [5.41, 5.74) is -0.00848. The molecule has 154 valence electrons. The number of ether oxygens (including phenoxy) is 1. The van der Waals surface area contributed by atoms with E-state index in [1.54, 1.807) is 24.0 Å². The van der Waals surface area contributed by atoms with Gasteiger partial charge in [0, 0.05) is 24.5 Å². The average molecular weight is 448 g/mol. The average Bonchev–Trinajstić information content (AvgIpc) is 3.25. The normalized spacial score (nSPS) is 18.9. The highest BCUT2D eigenvalue weighted by molar-refractivity contribution is 7.89. The molecule has 0 bridgehead atoms. The number of nitrogens with zero attached hydrogens (tertiary/aromatic N) is 2. The third kappa shape index (κ3) is 5.05. The van der Waals surface area contributed by atoms with Crippen LogP contribution < -0.4 is 4.72 Å². The zero-order chi connectivity index (χ0) is 20.3. The quantitative estimate of drug-likeness (QED) is 0.668. The Morgan fingerprint density at radius 1 is 1.36 bits per heavy atom. The van der Waals surface area contributed by atoms with E-state index in [0.29, 0.717) is 37.1 Å². The molecule has 0 unspecified atom stereocenters. The molecule has 3 heterocycles. The Balaban J connectivity index is 1.55. The zero-order valence-electron chi connectivity index (χ0n) is 15.4. The van der Waals surface area contributed by atoms with Gasteiger partial charge in [0.15, 0.2) is 0 Å². The fourth-order valence-electron chi connectivity index (χ4n) is 3.05. The van der Waals surface area contributed by atoms with Crippen LogP contribution in [0.2, 0.25) is 4.34 Å². The molecule has 0 spiro atoms. The molecular weight excluding hydrogens is 426 g/mol. The second-order valence-corrected chi connectivity index (χ2v) is 10.2. The number of hydrogen-bond donors (Lipinski definition) is 1. The second kappa shape index (κ2) is 8.81. The maximum absolute atomic E-state index is 12.6. The third-order valence-corrected chi connectivity index (χ3v) is 7.21. The molecule has 0 aliphatic carbocycles. The van der Waals surface area contributed by atoms with E-state index in [2.05, 4.69) is 4.72 Å². The van der Waals surface area contributed by atoms with Gasteiger partial charge >= 0.3 is 0 Å². The van der Waals surface area contributed by atoms with Gasteiger partial charge in [-0.25, -0.2) is 8.42 Å². The standard InChI is InChI=1S/C17H22ClN3O5S2/c1-12(16(22)20-7-9-26-10-8-20)21-6-4-14(17(21)23)19-28(24,25)11-5-13-2-3-15(18)27-13/h2-4,12,19H,5-11H2,1H3/t12-/m0/s1. The molecule has 1 saturated heterocycles. The number of morpholine rings is 1. The van der Waals surface area contributed by atoms with Crippen LogP contribution in [0, 0.1) is 0 Å². The predicted octanol–water partition coefficient (Wildman–Crippen LogP) is 0.837. The van der Waals surface area contributed by atoms with Crippen molar-refractivity contribution in [2.24, 2.45) is 0 Å². The lowest BCUT2D eigenvalue weighted by Gasteiger charge is -2.32. The summed E-state index contributed by atoms with van der Waals surface area (Å²) in [6.45, 7) is 3.78. The lowest BCUT2D eigenvalue weighted by Crippen LogP contribution is -2.51. The van der Waals surface area contributed by atoms with Crippen LogP contribution >= 0.6 is 22.9 Å². The maximum Gasteiger partial charge on any atom is 0.271 e. The Morgan fingerprint density at radius 2 is 2.07 bits per heavy atom. The molecule has 1 aromatic rings. The first-order chi connectivity index (χ1) is 13.3. The van der Waals surface area contributed by atoms with Gasteiger partial charge in [-0.2, -0.15) is 0 Å². The Morgan fingerprint density at radius 3 is 2.71 bits per heavy atom. The Bertz CT molecular complexity index is 877. The fourth-order valence-corrected chi connectivity index (χ4v) is 5.37. The molecule has 8 nitrogen and oxygen atoms in total. The van der Waals surface area contributed by atoms with E-state index in [4.69, 9.17) is 16.3 Å². The van der Waals surface area contributed by atoms with Crippen LogP contribution in [0.4, 0.5) is 0 Å². The molecule has 0 aromatic carbocycles. The molecule has 11 heteroatoms. The SMILES string of the molecule is C[C@@H](C(=O)N1CCOCC1)N1CC=C(NS(=O)(=O)CCc2ccc(Cl)s2)C1=O. The van der Waals surface area contributed by atoms with Crippen LogP contribution in [0.5, 0.6) is 0 Å².